The highest BCUT2D eigenvalue weighted by Crippen LogP contribution is 2.24. The highest BCUT2D eigenvalue weighted by atomic mass is 16.5. The minimum atomic E-state index is 0.253. The van der Waals surface area contributed by atoms with Crippen molar-refractivity contribution in [1.82, 2.24) is 15.0 Å². The first kappa shape index (κ1) is 15.8. The fraction of sp³-hybridized carbons (Fsp3) is 0.316. The molecule has 0 bridgehead atoms. The van der Waals surface area contributed by atoms with E-state index in [0.717, 1.165) is 54.1 Å². The van der Waals surface area contributed by atoms with E-state index in [4.69, 9.17) is 4.74 Å². The third kappa shape index (κ3) is 3.69. The summed E-state index contributed by atoms with van der Waals surface area (Å²) in [4.78, 5) is 13.5. The van der Waals surface area contributed by atoms with Gasteiger partial charge in [0.05, 0.1) is 17.3 Å². The van der Waals surface area contributed by atoms with Crippen LogP contribution in [-0.4, -0.2) is 34.2 Å². The molecule has 4 rings (SSSR count). The summed E-state index contributed by atoms with van der Waals surface area (Å²) in [5.74, 6) is 1.37. The summed E-state index contributed by atoms with van der Waals surface area (Å²) < 4.78 is 5.64. The number of fused-ring (bicyclic) bond motifs is 1. The number of aryl methyl sites for hydroxylation is 1. The predicted molar refractivity (Wildman–Crippen MR) is 99.3 cm³/mol. The number of nitrogens with zero attached hydrogens (tertiary/aromatic N) is 3. The van der Waals surface area contributed by atoms with Crippen LogP contribution in [0.25, 0.3) is 10.9 Å². The first-order valence-corrected chi connectivity index (χ1v) is 8.60. The molecule has 1 aromatic carbocycles. The van der Waals surface area contributed by atoms with Gasteiger partial charge in [0.2, 0.25) is 5.95 Å². The Bertz CT molecular complexity index is 871. The molecule has 3 heterocycles. The number of rotatable bonds is 5. The minimum Gasteiger partial charge on any atom is -0.376 e. The van der Waals surface area contributed by atoms with E-state index in [2.05, 4.69) is 25.6 Å². The molecular formula is C19H21N5O. The summed E-state index contributed by atoms with van der Waals surface area (Å²) in [5, 5.41) is 7.75. The molecule has 1 fully saturated rings. The number of nitrogens with one attached hydrogen (secondary N) is 2. The van der Waals surface area contributed by atoms with E-state index in [1.807, 2.05) is 43.3 Å². The molecule has 0 aliphatic carbocycles. The molecule has 0 radical (unpaired) electrons. The third-order valence-electron chi connectivity index (χ3n) is 4.26. The maximum atomic E-state index is 5.64. The Kier molecular flexibility index (Phi) is 4.43. The maximum Gasteiger partial charge on any atom is 0.224 e. The standard InChI is InChI=1S/C19H21N5O/c1-13-11-17(24-19(22-13)21-12-15-7-4-10-25-15)23-16-8-2-5-14-6-3-9-20-18(14)16/h2-3,5-6,8-9,11,15H,4,7,10,12H2,1H3,(H2,21,22,23,24). The zero-order valence-corrected chi connectivity index (χ0v) is 14.2. The number of ether oxygens (including phenoxy) is 1. The lowest BCUT2D eigenvalue weighted by atomic mass is 10.2. The zero-order chi connectivity index (χ0) is 17.1. The first-order chi connectivity index (χ1) is 12.3. The molecule has 128 valence electrons. The van der Waals surface area contributed by atoms with E-state index in [-0.39, 0.29) is 6.10 Å². The van der Waals surface area contributed by atoms with Crippen LogP contribution in [0.15, 0.2) is 42.6 Å². The summed E-state index contributed by atoms with van der Waals surface area (Å²) >= 11 is 0. The Morgan fingerprint density at radius 1 is 1.20 bits per heavy atom. The van der Waals surface area contributed by atoms with E-state index in [1.54, 1.807) is 6.20 Å². The maximum absolute atomic E-state index is 5.64. The van der Waals surface area contributed by atoms with Gasteiger partial charge < -0.3 is 15.4 Å². The summed E-state index contributed by atoms with van der Waals surface area (Å²) in [5.41, 5.74) is 2.76. The molecule has 3 aromatic rings. The fourth-order valence-corrected chi connectivity index (χ4v) is 3.07. The number of pyridine rings is 1. The lowest BCUT2D eigenvalue weighted by Gasteiger charge is -2.13. The molecule has 2 aromatic heterocycles. The van der Waals surface area contributed by atoms with Gasteiger partial charge in [0, 0.05) is 36.5 Å². The van der Waals surface area contributed by atoms with Crippen molar-refractivity contribution in [3.8, 4) is 0 Å². The number of aromatic nitrogens is 3. The number of hydrogen-bond acceptors (Lipinski definition) is 6. The lowest BCUT2D eigenvalue weighted by Crippen LogP contribution is -2.20. The smallest absolute Gasteiger partial charge is 0.224 e. The highest BCUT2D eigenvalue weighted by Gasteiger charge is 2.15. The molecule has 0 saturated carbocycles. The largest absolute Gasteiger partial charge is 0.376 e. The molecule has 1 aliphatic heterocycles. The van der Waals surface area contributed by atoms with Gasteiger partial charge in [-0.2, -0.15) is 4.98 Å². The SMILES string of the molecule is Cc1cc(Nc2cccc3cccnc23)nc(NCC2CCCO2)n1. The molecular weight excluding hydrogens is 314 g/mol. The number of para-hydroxylation sites is 1. The van der Waals surface area contributed by atoms with Crippen molar-refractivity contribution in [1.29, 1.82) is 0 Å². The van der Waals surface area contributed by atoms with Crippen LogP contribution in [0.5, 0.6) is 0 Å². The van der Waals surface area contributed by atoms with Crippen LogP contribution in [0.3, 0.4) is 0 Å². The molecule has 1 atom stereocenters. The molecule has 0 amide bonds. The second-order valence-corrected chi connectivity index (χ2v) is 6.24. The van der Waals surface area contributed by atoms with E-state index in [9.17, 15) is 0 Å². The van der Waals surface area contributed by atoms with Crippen molar-refractivity contribution < 1.29 is 4.74 Å². The van der Waals surface area contributed by atoms with Crippen molar-refractivity contribution in [2.45, 2.75) is 25.9 Å². The second kappa shape index (κ2) is 7.03. The van der Waals surface area contributed by atoms with E-state index in [1.165, 1.54) is 0 Å². The number of benzene rings is 1. The highest BCUT2D eigenvalue weighted by molar-refractivity contribution is 5.91. The van der Waals surface area contributed by atoms with Crippen molar-refractivity contribution in [3.63, 3.8) is 0 Å². The molecule has 1 saturated heterocycles. The Morgan fingerprint density at radius 3 is 3.00 bits per heavy atom. The van der Waals surface area contributed by atoms with Crippen LogP contribution in [0.4, 0.5) is 17.5 Å². The normalized spacial score (nSPS) is 16.9. The van der Waals surface area contributed by atoms with Gasteiger partial charge in [0.15, 0.2) is 0 Å². The summed E-state index contributed by atoms with van der Waals surface area (Å²) in [7, 11) is 0. The Labute approximate surface area is 146 Å². The van der Waals surface area contributed by atoms with Gasteiger partial charge in [0.1, 0.15) is 5.82 Å². The lowest BCUT2D eigenvalue weighted by molar-refractivity contribution is 0.120. The Balaban J connectivity index is 1.55. The zero-order valence-electron chi connectivity index (χ0n) is 14.2. The number of hydrogen-bond donors (Lipinski definition) is 2. The topological polar surface area (TPSA) is 72.0 Å². The average Bonchev–Trinajstić information content (AvgIpc) is 3.13. The predicted octanol–water partition coefficient (Wildman–Crippen LogP) is 3.67. The molecule has 1 unspecified atom stereocenters. The molecule has 1 aliphatic rings. The van der Waals surface area contributed by atoms with Gasteiger partial charge in [-0.3, -0.25) is 4.98 Å². The van der Waals surface area contributed by atoms with Gasteiger partial charge in [0.25, 0.3) is 0 Å². The third-order valence-corrected chi connectivity index (χ3v) is 4.26. The Morgan fingerprint density at radius 2 is 2.12 bits per heavy atom. The number of anilines is 3. The molecule has 6 nitrogen and oxygen atoms in total. The fourth-order valence-electron chi connectivity index (χ4n) is 3.07. The van der Waals surface area contributed by atoms with Gasteiger partial charge in [-0.15, -0.1) is 0 Å². The molecule has 0 spiro atoms. The van der Waals surface area contributed by atoms with Gasteiger partial charge in [-0.25, -0.2) is 4.98 Å². The quantitative estimate of drug-likeness (QED) is 0.741. The average molecular weight is 335 g/mol. The first-order valence-electron chi connectivity index (χ1n) is 8.60. The van der Waals surface area contributed by atoms with Crippen LogP contribution in [0.1, 0.15) is 18.5 Å². The van der Waals surface area contributed by atoms with Gasteiger partial charge >= 0.3 is 0 Å². The van der Waals surface area contributed by atoms with Crippen LogP contribution >= 0.6 is 0 Å². The van der Waals surface area contributed by atoms with E-state index in [0.29, 0.717) is 5.95 Å². The molecule has 2 N–H and O–H groups in total. The van der Waals surface area contributed by atoms with Crippen molar-refractivity contribution in [3.05, 3.63) is 48.3 Å². The van der Waals surface area contributed by atoms with Crippen LogP contribution in [0, 0.1) is 6.92 Å². The van der Waals surface area contributed by atoms with Crippen molar-refractivity contribution >= 4 is 28.4 Å². The van der Waals surface area contributed by atoms with Gasteiger partial charge in [-0.1, -0.05) is 18.2 Å². The van der Waals surface area contributed by atoms with E-state index < -0.39 is 0 Å². The van der Waals surface area contributed by atoms with Crippen LogP contribution in [0.2, 0.25) is 0 Å². The summed E-state index contributed by atoms with van der Waals surface area (Å²) in [6.07, 6.45) is 4.27. The van der Waals surface area contributed by atoms with Crippen molar-refractivity contribution in [2.75, 3.05) is 23.8 Å². The summed E-state index contributed by atoms with van der Waals surface area (Å²) in [6, 6.07) is 12.0. The monoisotopic (exact) mass is 335 g/mol. The molecule has 6 heteroatoms. The van der Waals surface area contributed by atoms with E-state index >= 15 is 0 Å². The van der Waals surface area contributed by atoms with Crippen molar-refractivity contribution in [2.24, 2.45) is 0 Å². The van der Waals surface area contributed by atoms with Crippen LogP contribution in [-0.2, 0) is 4.74 Å². The van der Waals surface area contributed by atoms with Gasteiger partial charge in [-0.05, 0) is 31.9 Å². The minimum absolute atomic E-state index is 0.253. The molecule has 25 heavy (non-hydrogen) atoms. The van der Waals surface area contributed by atoms with Crippen LogP contribution < -0.4 is 10.6 Å². The second-order valence-electron chi connectivity index (χ2n) is 6.24. The summed E-state index contributed by atoms with van der Waals surface area (Å²) in [6.45, 7) is 3.55. The Hall–Kier alpha value is -2.73.